The highest BCUT2D eigenvalue weighted by Gasteiger charge is 2.32. The first-order valence-corrected chi connectivity index (χ1v) is 7.40. The Kier molecular flexibility index (Phi) is 3.75. The van der Waals surface area contributed by atoms with Crippen molar-refractivity contribution >= 4 is 34.5 Å². The highest BCUT2D eigenvalue weighted by molar-refractivity contribution is 7.12. The summed E-state index contributed by atoms with van der Waals surface area (Å²) in [6.07, 6.45) is 0. The average molecular weight is 323 g/mol. The van der Waals surface area contributed by atoms with E-state index in [1.807, 2.05) is 0 Å². The zero-order valence-corrected chi connectivity index (χ0v) is 12.4. The minimum atomic E-state index is -0.497. The standard InChI is InChI=1S/C16H9N3O3S/c17-8-11(18-19-16(22)12-6-3-7-23-12)13-14(20)9-4-1-2-5-10(9)15(13)21/h1-7,20H,(H,19,22)/b18-11+. The maximum absolute atomic E-state index is 12.3. The molecule has 1 aromatic heterocycles. The van der Waals surface area contributed by atoms with E-state index >= 15 is 0 Å². The molecule has 2 aromatic rings. The number of hydrogen-bond acceptors (Lipinski definition) is 6. The molecule has 0 fully saturated rings. The van der Waals surface area contributed by atoms with E-state index in [2.05, 4.69) is 10.5 Å². The summed E-state index contributed by atoms with van der Waals surface area (Å²) in [7, 11) is 0. The first kappa shape index (κ1) is 14.7. The smallest absolute Gasteiger partial charge is 0.281 e. The number of aliphatic hydroxyl groups is 1. The molecule has 1 heterocycles. The summed E-state index contributed by atoms with van der Waals surface area (Å²) in [6.45, 7) is 0. The molecule has 0 spiro atoms. The third-order valence-corrected chi connectivity index (χ3v) is 4.12. The van der Waals surface area contributed by atoms with E-state index in [0.717, 1.165) is 0 Å². The lowest BCUT2D eigenvalue weighted by atomic mass is 10.1. The number of thiophene rings is 1. The molecule has 1 aliphatic carbocycles. The number of Topliss-reactive ketones (excluding diaryl/α,β-unsaturated/α-hetero) is 1. The fourth-order valence-corrected chi connectivity index (χ4v) is 2.80. The summed E-state index contributed by atoms with van der Waals surface area (Å²) >= 11 is 1.22. The number of hydrogen-bond donors (Lipinski definition) is 2. The number of carbonyl (C=O) groups excluding carboxylic acids is 2. The number of rotatable bonds is 3. The molecular weight excluding hydrogens is 314 g/mol. The topological polar surface area (TPSA) is 103 Å². The Morgan fingerprint density at radius 1 is 1.22 bits per heavy atom. The van der Waals surface area contributed by atoms with Crippen LogP contribution < -0.4 is 5.43 Å². The molecule has 0 saturated heterocycles. The SMILES string of the molecule is N#C/C(=N\NC(=O)c1cccs1)C1=C(O)c2ccccc2C1=O. The molecule has 3 rings (SSSR count). The van der Waals surface area contributed by atoms with Gasteiger partial charge in [-0.15, -0.1) is 11.3 Å². The molecule has 23 heavy (non-hydrogen) atoms. The van der Waals surface area contributed by atoms with E-state index in [-0.39, 0.29) is 17.0 Å². The third-order valence-electron chi connectivity index (χ3n) is 3.25. The molecule has 0 saturated carbocycles. The van der Waals surface area contributed by atoms with Gasteiger partial charge in [-0.25, -0.2) is 5.43 Å². The van der Waals surface area contributed by atoms with E-state index in [0.29, 0.717) is 16.0 Å². The van der Waals surface area contributed by atoms with Crippen molar-refractivity contribution in [1.82, 2.24) is 5.43 Å². The van der Waals surface area contributed by atoms with E-state index in [4.69, 9.17) is 0 Å². The van der Waals surface area contributed by atoms with Crippen molar-refractivity contribution < 1.29 is 14.7 Å². The molecule has 1 amide bonds. The largest absolute Gasteiger partial charge is 0.506 e. The fourth-order valence-electron chi connectivity index (χ4n) is 2.19. The number of nitrogens with one attached hydrogen (secondary N) is 1. The van der Waals surface area contributed by atoms with Crippen LogP contribution in [-0.4, -0.2) is 22.5 Å². The summed E-state index contributed by atoms with van der Waals surface area (Å²) in [6, 6.07) is 11.5. The second-order valence-corrected chi connectivity index (χ2v) is 5.54. The second kappa shape index (κ2) is 5.87. The fraction of sp³-hybridized carbons (Fsp3) is 0. The molecule has 0 radical (unpaired) electrons. The number of aliphatic hydroxyl groups excluding tert-OH is 1. The molecule has 112 valence electrons. The molecule has 6 nitrogen and oxygen atoms in total. The van der Waals surface area contributed by atoms with Crippen molar-refractivity contribution in [3.8, 4) is 6.07 Å². The van der Waals surface area contributed by atoms with Gasteiger partial charge >= 0.3 is 0 Å². The van der Waals surface area contributed by atoms with Gasteiger partial charge in [0, 0.05) is 11.1 Å². The molecule has 1 aromatic carbocycles. The van der Waals surface area contributed by atoms with E-state index in [1.165, 1.54) is 11.3 Å². The van der Waals surface area contributed by atoms with Crippen LogP contribution in [0.15, 0.2) is 52.5 Å². The Balaban J connectivity index is 1.92. The minimum absolute atomic E-state index is 0.208. The lowest BCUT2D eigenvalue weighted by Gasteiger charge is -2.00. The lowest BCUT2D eigenvalue weighted by molar-refractivity contribution is 0.0957. The van der Waals surface area contributed by atoms with Crippen LogP contribution in [0.3, 0.4) is 0 Å². The van der Waals surface area contributed by atoms with Crippen LogP contribution in [0.5, 0.6) is 0 Å². The van der Waals surface area contributed by atoms with Crippen LogP contribution in [-0.2, 0) is 0 Å². The van der Waals surface area contributed by atoms with Crippen molar-refractivity contribution in [2.24, 2.45) is 5.10 Å². The number of ketones is 1. The lowest BCUT2D eigenvalue weighted by Crippen LogP contribution is -2.20. The van der Waals surface area contributed by atoms with Gasteiger partial charge in [-0.1, -0.05) is 30.3 Å². The highest BCUT2D eigenvalue weighted by atomic mass is 32.1. The van der Waals surface area contributed by atoms with Crippen LogP contribution in [0.1, 0.15) is 25.6 Å². The van der Waals surface area contributed by atoms with Gasteiger partial charge in [-0.2, -0.15) is 10.4 Å². The number of nitrogens with zero attached hydrogens (tertiary/aromatic N) is 2. The van der Waals surface area contributed by atoms with Crippen molar-refractivity contribution in [1.29, 1.82) is 5.26 Å². The first-order chi connectivity index (χ1) is 11.1. The summed E-state index contributed by atoms with van der Waals surface area (Å²) < 4.78 is 0. The Labute approximate surface area is 135 Å². The Morgan fingerprint density at radius 2 is 1.96 bits per heavy atom. The Morgan fingerprint density at radius 3 is 2.57 bits per heavy atom. The average Bonchev–Trinajstić information content (AvgIpc) is 3.18. The summed E-state index contributed by atoms with van der Waals surface area (Å²) in [4.78, 5) is 24.6. The third kappa shape index (κ3) is 2.52. The molecule has 1 aliphatic rings. The molecule has 7 heteroatoms. The second-order valence-electron chi connectivity index (χ2n) is 4.59. The highest BCUT2D eigenvalue weighted by Crippen LogP contribution is 2.31. The van der Waals surface area contributed by atoms with Crippen molar-refractivity contribution in [2.75, 3.05) is 0 Å². The molecule has 0 bridgehead atoms. The van der Waals surface area contributed by atoms with Gasteiger partial charge in [-0.05, 0) is 11.4 Å². The van der Waals surface area contributed by atoms with Gasteiger partial charge in [0.15, 0.2) is 5.71 Å². The summed E-state index contributed by atoms with van der Waals surface area (Å²) in [5, 5.41) is 24.8. The van der Waals surface area contributed by atoms with Crippen LogP contribution in [0.4, 0.5) is 0 Å². The zero-order valence-electron chi connectivity index (χ0n) is 11.6. The van der Waals surface area contributed by atoms with Crippen molar-refractivity contribution in [3.05, 3.63) is 63.4 Å². The zero-order chi connectivity index (χ0) is 16.4. The molecule has 0 unspecified atom stereocenters. The number of hydrazone groups is 1. The number of fused-ring (bicyclic) bond motifs is 1. The van der Waals surface area contributed by atoms with Crippen LogP contribution in [0.2, 0.25) is 0 Å². The maximum atomic E-state index is 12.3. The van der Waals surface area contributed by atoms with Gasteiger partial charge in [-0.3, -0.25) is 9.59 Å². The number of amides is 1. The van der Waals surface area contributed by atoms with E-state index in [1.54, 1.807) is 47.8 Å². The molecule has 2 N–H and O–H groups in total. The number of allylic oxidation sites excluding steroid dienone is 1. The number of carbonyl (C=O) groups is 2. The number of nitriles is 1. The van der Waals surface area contributed by atoms with Gasteiger partial charge in [0.1, 0.15) is 17.4 Å². The van der Waals surface area contributed by atoms with Crippen LogP contribution >= 0.6 is 11.3 Å². The normalized spacial score (nSPS) is 13.7. The molecular formula is C16H9N3O3S. The molecule has 0 aliphatic heterocycles. The minimum Gasteiger partial charge on any atom is -0.506 e. The Hall–Kier alpha value is -3.24. The molecule has 0 atom stereocenters. The quantitative estimate of drug-likeness (QED) is 0.669. The van der Waals surface area contributed by atoms with Gasteiger partial charge in [0.05, 0.1) is 4.88 Å². The summed E-state index contributed by atoms with van der Waals surface area (Å²) in [5.41, 5.74) is 2.32. The van der Waals surface area contributed by atoms with Crippen LogP contribution in [0, 0.1) is 11.3 Å². The maximum Gasteiger partial charge on any atom is 0.281 e. The predicted octanol–water partition coefficient (Wildman–Crippen LogP) is 2.52. The summed E-state index contributed by atoms with van der Waals surface area (Å²) in [5.74, 6) is -1.30. The van der Waals surface area contributed by atoms with Gasteiger partial charge in [0.2, 0.25) is 5.78 Å². The predicted molar refractivity (Wildman–Crippen MR) is 85.2 cm³/mol. The van der Waals surface area contributed by atoms with Gasteiger partial charge in [0.25, 0.3) is 5.91 Å². The van der Waals surface area contributed by atoms with E-state index in [9.17, 15) is 20.0 Å². The monoisotopic (exact) mass is 323 g/mol. The van der Waals surface area contributed by atoms with Crippen LogP contribution in [0.25, 0.3) is 5.76 Å². The first-order valence-electron chi connectivity index (χ1n) is 6.53. The van der Waals surface area contributed by atoms with Gasteiger partial charge < -0.3 is 5.11 Å². The number of benzene rings is 1. The Bertz CT molecular complexity index is 905. The van der Waals surface area contributed by atoms with E-state index < -0.39 is 11.7 Å². The van der Waals surface area contributed by atoms with Crippen molar-refractivity contribution in [3.63, 3.8) is 0 Å². The van der Waals surface area contributed by atoms with Crippen molar-refractivity contribution in [2.45, 2.75) is 0 Å².